The quantitative estimate of drug-likeness (QED) is 0.253. The molecule has 0 saturated heterocycles. The van der Waals surface area contributed by atoms with Crippen LogP contribution < -0.4 is 14.9 Å². The van der Waals surface area contributed by atoms with Gasteiger partial charge in [-0.2, -0.15) is 5.10 Å². The summed E-state index contributed by atoms with van der Waals surface area (Å²) in [6.07, 6.45) is 1.17. The van der Waals surface area contributed by atoms with E-state index in [1.165, 1.54) is 38.6 Å². The van der Waals surface area contributed by atoms with E-state index in [1.54, 1.807) is 18.2 Å². The summed E-state index contributed by atoms with van der Waals surface area (Å²) in [7, 11) is 2.69. The Kier molecular flexibility index (Phi) is 8.29. The van der Waals surface area contributed by atoms with Crippen LogP contribution in [0, 0.1) is 10.1 Å². The Morgan fingerprint density at radius 2 is 1.97 bits per heavy atom. The number of nitrogens with one attached hydrogen (secondary N) is 1. The first-order valence-corrected chi connectivity index (χ1v) is 9.26. The third kappa shape index (κ3) is 6.27. The van der Waals surface area contributed by atoms with Crippen molar-refractivity contribution in [3.05, 3.63) is 62.1 Å². The van der Waals surface area contributed by atoms with Crippen LogP contribution in [-0.4, -0.2) is 43.8 Å². The van der Waals surface area contributed by atoms with E-state index in [0.717, 1.165) is 0 Å². The van der Waals surface area contributed by atoms with Crippen LogP contribution in [0.5, 0.6) is 11.5 Å². The summed E-state index contributed by atoms with van der Waals surface area (Å²) >= 11 is 3.35. The van der Waals surface area contributed by atoms with Gasteiger partial charge >= 0.3 is 5.97 Å². The van der Waals surface area contributed by atoms with E-state index in [-0.39, 0.29) is 24.3 Å². The highest BCUT2D eigenvalue weighted by Gasteiger charge is 2.15. The van der Waals surface area contributed by atoms with Crippen molar-refractivity contribution in [3.63, 3.8) is 0 Å². The van der Waals surface area contributed by atoms with Gasteiger partial charge in [-0.05, 0) is 28.1 Å². The van der Waals surface area contributed by atoms with Gasteiger partial charge in [0.2, 0.25) is 5.91 Å². The van der Waals surface area contributed by atoms with Crippen molar-refractivity contribution in [2.75, 3.05) is 20.8 Å². The molecule has 0 spiro atoms. The Hall–Kier alpha value is -3.47. The van der Waals surface area contributed by atoms with Gasteiger partial charge in [0, 0.05) is 21.7 Å². The summed E-state index contributed by atoms with van der Waals surface area (Å²) < 4.78 is 15.7. The van der Waals surface area contributed by atoms with E-state index in [0.29, 0.717) is 21.5 Å². The second-order valence-electron chi connectivity index (χ2n) is 5.75. The van der Waals surface area contributed by atoms with Crippen LogP contribution in [0.4, 0.5) is 5.69 Å². The Bertz CT molecular complexity index is 979. The van der Waals surface area contributed by atoms with Crippen molar-refractivity contribution in [1.29, 1.82) is 0 Å². The molecular formula is C19H18BrN3O7. The molecule has 0 heterocycles. The molecule has 0 aromatic heterocycles. The van der Waals surface area contributed by atoms with Crippen LogP contribution in [0.25, 0.3) is 0 Å². The van der Waals surface area contributed by atoms with Crippen LogP contribution >= 0.6 is 15.9 Å². The monoisotopic (exact) mass is 479 g/mol. The van der Waals surface area contributed by atoms with Crippen molar-refractivity contribution in [2.45, 2.75) is 6.42 Å². The van der Waals surface area contributed by atoms with Crippen LogP contribution in [0.2, 0.25) is 0 Å². The molecule has 2 aromatic rings. The lowest BCUT2D eigenvalue weighted by molar-refractivity contribution is -0.385. The zero-order chi connectivity index (χ0) is 22.1. The Morgan fingerprint density at radius 1 is 1.23 bits per heavy atom. The minimum atomic E-state index is -0.543. The number of methoxy groups -OCH3 is 2. The van der Waals surface area contributed by atoms with Crippen molar-refractivity contribution in [2.24, 2.45) is 5.10 Å². The van der Waals surface area contributed by atoms with Crippen LogP contribution in [0.1, 0.15) is 11.1 Å². The highest BCUT2D eigenvalue weighted by atomic mass is 79.9. The summed E-state index contributed by atoms with van der Waals surface area (Å²) in [6, 6.07) is 9.16. The van der Waals surface area contributed by atoms with Crippen molar-refractivity contribution >= 4 is 39.7 Å². The SMILES string of the molecule is COC(=O)COc1cc(Br)c(C=NNC(=O)Cc2ccccc2[N+](=O)[O-])cc1OC. The predicted molar refractivity (Wildman–Crippen MR) is 111 cm³/mol. The summed E-state index contributed by atoms with van der Waals surface area (Å²) in [5.74, 6) is -0.399. The van der Waals surface area contributed by atoms with E-state index >= 15 is 0 Å². The molecule has 0 fully saturated rings. The molecule has 1 N–H and O–H groups in total. The van der Waals surface area contributed by atoms with E-state index in [2.05, 4.69) is 31.2 Å². The number of hydrazone groups is 1. The summed E-state index contributed by atoms with van der Waals surface area (Å²) in [6.45, 7) is -0.283. The average molecular weight is 480 g/mol. The maximum absolute atomic E-state index is 12.1. The van der Waals surface area contributed by atoms with E-state index in [1.807, 2.05) is 0 Å². The van der Waals surface area contributed by atoms with Crippen molar-refractivity contribution in [1.82, 2.24) is 5.43 Å². The first-order chi connectivity index (χ1) is 14.3. The molecule has 2 rings (SSSR count). The molecule has 30 heavy (non-hydrogen) atoms. The highest BCUT2D eigenvalue weighted by molar-refractivity contribution is 9.10. The fraction of sp³-hybridized carbons (Fsp3) is 0.211. The fourth-order valence-corrected chi connectivity index (χ4v) is 2.77. The van der Waals surface area contributed by atoms with E-state index in [4.69, 9.17) is 9.47 Å². The predicted octanol–water partition coefficient (Wildman–Crippen LogP) is 2.61. The topological polar surface area (TPSA) is 129 Å². The molecule has 0 aliphatic carbocycles. The zero-order valence-corrected chi connectivity index (χ0v) is 17.7. The third-order valence-corrected chi connectivity index (χ3v) is 4.48. The lowest BCUT2D eigenvalue weighted by Gasteiger charge is -2.11. The minimum absolute atomic E-state index is 0.133. The highest BCUT2D eigenvalue weighted by Crippen LogP contribution is 2.33. The van der Waals surface area contributed by atoms with Gasteiger partial charge in [-0.25, -0.2) is 10.2 Å². The molecule has 1 amide bonds. The molecule has 0 unspecified atom stereocenters. The molecule has 0 saturated carbocycles. The average Bonchev–Trinajstić information content (AvgIpc) is 2.73. The van der Waals surface area contributed by atoms with Crippen LogP contribution in [0.3, 0.4) is 0 Å². The first-order valence-electron chi connectivity index (χ1n) is 8.47. The van der Waals surface area contributed by atoms with Gasteiger partial charge in [-0.1, -0.05) is 18.2 Å². The molecule has 11 heteroatoms. The Morgan fingerprint density at radius 3 is 2.63 bits per heavy atom. The molecular weight excluding hydrogens is 462 g/mol. The van der Waals surface area contributed by atoms with Crippen LogP contribution in [0.15, 0.2) is 46.0 Å². The number of carbonyl (C=O) groups is 2. The maximum atomic E-state index is 12.1. The maximum Gasteiger partial charge on any atom is 0.343 e. The van der Waals surface area contributed by atoms with Gasteiger partial charge in [-0.3, -0.25) is 14.9 Å². The molecule has 158 valence electrons. The molecule has 0 aliphatic heterocycles. The lowest BCUT2D eigenvalue weighted by Crippen LogP contribution is -2.20. The summed E-state index contributed by atoms with van der Waals surface area (Å²) in [4.78, 5) is 33.8. The number of nitrogens with zero attached hydrogens (tertiary/aromatic N) is 2. The minimum Gasteiger partial charge on any atom is -0.493 e. The second-order valence-corrected chi connectivity index (χ2v) is 6.60. The number of benzene rings is 2. The van der Waals surface area contributed by atoms with Gasteiger partial charge < -0.3 is 14.2 Å². The van der Waals surface area contributed by atoms with Gasteiger partial charge in [0.25, 0.3) is 5.69 Å². The van der Waals surface area contributed by atoms with E-state index < -0.39 is 16.8 Å². The third-order valence-electron chi connectivity index (χ3n) is 3.79. The molecule has 0 atom stereocenters. The Labute approximate surface area is 180 Å². The smallest absolute Gasteiger partial charge is 0.343 e. The number of esters is 1. The molecule has 0 bridgehead atoms. The van der Waals surface area contributed by atoms with Crippen molar-refractivity contribution in [3.8, 4) is 11.5 Å². The van der Waals surface area contributed by atoms with Gasteiger partial charge in [0.15, 0.2) is 18.1 Å². The van der Waals surface area contributed by atoms with Gasteiger partial charge in [0.1, 0.15) is 0 Å². The van der Waals surface area contributed by atoms with Crippen LogP contribution in [-0.2, 0) is 20.7 Å². The standard InChI is InChI=1S/C19H18BrN3O7/c1-28-16-7-13(14(20)9-17(16)30-11-19(25)29-2)10-21-22-18(24)8-12-5-3-4-6-15(12)23(26)27/h3-7,9-10H,8,11H2,1-2H3,(H,22,24). The number of hydrogen-bond acceptors (Lipinski definition) is 8. The summed E-state index contributed by atoms with van der Waals surface area (Å²) in [5.41, 5.74) is 3.04. The zero-order valence-electron chi connectivity index (χ0n) is 16.1. The van der Waals surface area contributed by atoms with Gasteiger partial charge in [-0.15, -0.1) is 0 Å². The largest absolute Gasteiger partial charge is 0.493 e. The first kappa shape index (κ1) is 22.8. The van der Waals surface area contributed by atoms with E-state index in [9.17, 15) is 19.7 Å². The number of para-hydroxylation sites is 1. The van der Waals surface area contributed by atoms with Gasteiger partial charge in [0.05, 0.1) is 31.8 Å². The number of amides is 1. The Balaban J connectivity index is 2.06. The lowest BCUT2D eigenvalue weighted by atomic mass is 10.1. The molecule has 2 aromatic carbocycles. The number of carbonyl (C=O) groups excluding carboxylic acids is 2. The number of halogens is 1. The molecule has 0 aliphatic rings. The van der Waals surface area contributed by atoms with Crippen molar-refractivity contribution < 1.29 is 28.7 Å². The number of ether oxygens (including phenoxy) is 3. The number of hydrogen-bond donors (Lipinski definition) is 1. The number of nitro benzene ring substituents is 1. The number of rotatable bonds is 9. The summed E-state index contributed by atoms with van der Waals surface area (Å²) in [5, 5.41) is 14.9. The molecule has 10 nitrogen and oxygen atoms in total. The number of nitro groups is 1. The normalized spacial score (nSPS) is 10.5. The second kappa shape index (κ2) is 10.9. The fourth-order valence-electron chi connectivity index (χ4n) is 2.34. The molecule has 0 radical (unpaired) electrons.